The molecule has 1 aromatic heterocycles. The molecule has 4 aromatic rings. The van der Waals surface area contributed by atoms with E-state index in [1.165, 1.54) is 0 Å². The molecule has 1 saturated heterocycles. The number of para-hydroxylation sites is 1. The first kappa shape index (κ1) is 32.6. The van der Waals surface area contributed by atoms with Crippen LogP contribution in [-0.2, 0) is 33.7 Å². The first-order valence-corrected chi connectivity index (χ1v) is 18.9. The number of anilines is 1. The van der Waals surface area contributed by atoms with Gasteiger partial charge in [0.2, 0.25) is 11.8 Å². The van der Waals surface area contributed by atoms with Crippen molar-refractivity contribution in [1.29, 1.82) is 0 Å². The molecule has 0 saturated carbocycles. The fourth-order valence-corrected chi connectivity index (χ4v) is 9.50. The van der Waals surface area contributed by atoms with Crippen LogP contribution < -0.4 is 5.32 Å². The van der Waals surface area contributed by atoms with E-state index in [9.17, 15) is 19.5 Å². The van der Waals surface area contributed by atoms with E-state index in [2.05, 4.69) is 23.3 Å². The van der Waals surface area contributed by atoms with Crippen molar-refractivity contribution in [2.24, 2.45) is 5.92 Å². The van der Waals surface area contributed by atoms with Crippen molar-refractivity contribution >= 4 is 36.7 Å². The third-order valence-corrected chi connectivity index (χ3v) is 11.5. The van der Waals surface area contributed by atoms with Gasteiger partial charge in [-0.2, -0.15) is 0 Å². The summed E-state index contributed by atoms with van der Waals surface area (Å²) < 4.78 is 6.56. The number of fused-ring (bicyclic) bond motifs is 1. The molecule has 2 amide bonds. The molecule has 0 bridgehead atoms. The normalized spacial score (nSPS) is 19.9. The van der Waals surface area contributed by atoms with Gasteiger partial charge in [0.15, 0.2) is 8.32 Å². The maximum absolute atomic E-state index is 13.5. The predicted octanol–water partition coefficient (Wildman–Crippen LogP) is 5.66. The van der Waals surface area contributed by atoms with Crippen molar-refractivity contribution in [3.8, 4) is 0 Å². The summed E-state index contributed by atoms with van der Waals surface area (Å²) in [5.41, 5.74) is 4.73. The molecule has 0 radical (unpaired) electrons. The number of aliphatic hydroxyl groups excluding tert-OH is 1. The van der Waals surface area contributed by atoms with Gasteiger partial charge in [0.25, 0.3) is 0 Å². The summed E-state index contributed by atoms with van der Waals surface area (Å²) in [6.45, 7) is 6.53. The average molecular weight is 628 g/mol. The topological polar surface area (TPSA) is 115 Å². The standard InChI is InChI=1S/C36H45N3O5Si/c1-25-32(44-33(36(25)45(2,3)43)22-35(42)39(18-19-40)24-27-10-5-4-6-11-27)17-16-26-12-9-13-29(20-26)38-34(41)21-28-23-37-31-15-8-7-14-30(28)31/h4-15,20,23,25,32-33,36-37,40,43H,16-19,21-22,24H2,1-3H3,(H,38,41)/t25-,32+,33-,36+/m0/s1. The van der Waals surface area contributed by atoms with Gasteiger partial charge >= 0.3 is 0 Å². The minimum atomic E-state index is -2.66. The van der Waals surface area contributed by atoms with Gasteiger partial charge in [-0.05, 0) is 66.7 Å². The summed E-state index contributed by atoms with van der Waals surface area (Å²) in [7, 11) is -2.66. The number of aryl methyl sites for hydroxylation is 1. The number of aliphatic hydroxyl groups is 1. The fraction of sp³-hybridized carbons (Fsp3) is 0.389. The van der Waals surface area contributed by atoms with Crippen molar-refractivity contribution < 1.29 is 24.2 Å². The molecule has 1 fully saturated rings. The van der Waals surface area contributed by atoms with Gasteiger partial charge in [-0.15, -0.1) is 0 Å². The van der Waals surface area contributed by atoms with Crippen LogP contribution in [0.2, 0.25) is 18.6 Å². The number of rotatable bonds is 13. The van der Waals surface area contributed by atoms with Crippen molar-refractivity contribution in [3.05, 3.63) is 102 Å². The van der Waals surface area contributed by atoms with Gasteiger partial charge in [-0.25, -0.2) is 0 Å². The van der Waals surface area contributed by atoms with Gasteiger partial charge in [0, 0.05) is 41.4 Å². The number of amides is 2. The zero-order valence-electron chi connectivity index (χ0n) is 26.4. The zero-order valence-corrected chi connectivity index (χ0v) is 27.4. The second-order valence-electron chi connectivity index (χ2n) is 12.8. The minimum Gasteiger partial charge on any atom is -0.432 e. The first-order valence-electron chi connectivity index (χ1n) is 15.9. The van der Waals surface area contributed by atoms with Crippen LogP contribution in [0.3, 0.4) is 0 Å². The van der Waals surface area contributed by atoms with E-state index in [0.717, 1.165) is 46.1 Å². The molecule has 1 aliphatic heterocycles. The number of benzene rings is 3. The predicted molar refractivity (Wildman–Crippen MR) is 180 cm³/mol. The number of hydrogen-bond donors (Lipinski definition) is 4. The SMILES string of the molecule is C[C@@H]1[C@@H]([Si](C)(C)O)[C@H](CC(=O)N(CCO)Cc2ccccc2)O[C@@H]1CCc1cccc(NC(=O)Cc2c[nH]c3ccccc23)c1. The molecule has 8 nitrogen and oxygen atoms in total. The summed E-state index contributed by atoms with van der Waals surface area (Å²) >= 11 is 0. The molecule has 4 atom stereocenters. The van der Waals surface area contributed by atoms with Crippen molar-refractivity contribution in [2.45, 2.75) is 70.0 Å². The molecule has 3 aromatic carbocycles. The van der Waals surface area contributed by atoms with Crippen molar-refractivity contribution in [2.75, 3.05) is 18.5 Å². The van der Waals surface area contributed by atoms with E-state index in [1.807, 2.05) is 92.1 Å². The third kappa shape index (κ3) is 8.29. The minimum absolute atomic E-state index is 0.0716. The Balaban J connectivity index is 1.20. The Bertz CT molecular complexity index is 1580. The lowest BCUT2D eigenvalue weighted by molar-refractivity contribution is -0.135. The smallest absolute Gasteiger partial charge is 0.228 e. The first-order chi connectivity index (χ1) is 21.6. The Morgan fingerprint density at radius 2 is 1.71 bits per heavy atom. The van der Waals surface area contributed by atoms with E-state index in [1.54, 1.807) is 4.90 Å². The van der Waals surface area contributed by atoms with Gasteiger partial charge in [-0.1, -0.05) is 67.6 Å². The maximum Gasteiger partial charge on any atom is 0.228 e. The van der Waals surface area contributed by atoms with Crippen LogP contribution >= 0.6 is 0 Å². The summed E-state index contributed by atoms with van der Waals surface area (Å²) in [4.78, 5) is 42.5. The van der Waals surface area contributed by atoms with Crippen LogP contribution in [0.1, 0.15) is 36.5 Å². The van der Waals surface area contributed by atoms with E-state index in [4.69, 9.17) is 4.74 Å². The second kappa shape index (κ2) is 14.6. The molecule has 9 heteroatoms. The number of carbonyl (C=O) groups excluding carboxylic acids is 2. The van der Waals surface area contributed by atoms with Crippen LogP contribution in [0.25, 0.3) is 10.9 Å². The number of nitrogens with one attached hydrogen (secondary N) is 2. The van der Waals surface area contributed by atoms with E-state index >= 15 is 0 Å². The summed E-state index contributed by atoms with van der Waals surface area (Å²) in [6, 6.07) is 25.6. The van der Waals surface area contributed by atoms with Crippen molar-refractivity contribution in [1.82, 2.24) is 9.88 Å². The largest absolute Gasteiger partial charge is 0.432 e. The molecule has 4 N–H and O–H groups in total. The van der Waals surface area contributed by atoms with Crippen LogP contribution in [0.15, 0.2) is 85.1 Å². The lowest BCUT2D eigenvalue weighted by atomic mass is 9.95. The third-order valence-electron chi connectivity index (χ3n) is 8.99. The molecular formula is C36H45N3O5Si. The summed E-state index contributed by atoms with van der Waals surface area (Å²) in [6.07, 6.45) is 3.35. The van der Waals surface area contributed by atoms with E-state index < -0.39 is 8.32 Å². The molecular weight excluding hydrogens is 582 g/mol. The van der Waals surface area contributed by atoms with E-state index in [0.29, 0.717) is 6.54 Å². The maximum atomic E-state index is 13.5. The number of aromatic amines is 1. The average Bonchev–Trinajstić information content (AvgIpc) is 3.56. The highest BCUT2D eigenvalue weighted by Gasteiger charge is 2.50. The van der Waals surface area contributed by atoms with E-state index in [-0.39, 0.29) is 61.5 Å². The van der Waals surface area contributed by atoms with Crippen LogP contribution in [0, 0.1) is 5.92 Å². The molecule has 0 aliphatic carbocycles. The number of carbonyl (C=O) groups is 2. The Kier molecular flexibility index (Phi) is 10.6. The molecule has 45 heavy (non-hydrogen) atoms. The van der Waals surface area contributed by atoms with Gasteiger partial charge < -0.3 is 29.8 Å². The zero-order chi connectivity index (χ0) is 32.0. The lowest BCUT2D eigenvalue weighted by Crippen LogP contribution is -2.42. The second-order valence-corrected chi connectivity index (χ2v) is 16.8. The number of hydrogen-bond acceptors (Lipinski definition) is 5. The summed E-state index contributed by atoms with van der Waals surface area (Å²) in [5.74, 6) is -0.0586. The van der Waals surface area contributed by atoms with Crippen molar-refractivity contribution in [3.63, 3.8) is 0 Å². The van der Waals surface area contributed by atoms with Crippen LogP contribution in [-0.4, -0.2) is 65.3 Å². The number of ether oxygens (including phenoxy) is 1. The quantitative estimate of drug-likeness (QED) is 0.143. The monoisotopic (exact) mass is 627 g/mol. The molecule has 0 spiro atoms. The van der Waals surface area contributed by atoms with Gasteiger partial charge in [0.1, 0.15) is 0 Å². The van der Waals surface area contributed by atoms with Crippen LogP contribution in [0.5, 0.6) is 0 Å². The highest BCUT2D eigenvalue weighted by Crippen LogP contribution is 2.45. The number of H-pyrrole nitrogens is 1. The molecule has 0 unspecified atom stereocenters. The highest BCUT2D eigenvalue weighted by molar-refractivity contribution is 6.71. The summed E-state index contributed by atoms with van der Waals surface area (Å²) in [5, 5.41) is 13.7. The molecule has 1 aliphatic rings. The fourth-order valence-electron chi connectivity index (χ4n) is 6.89. The number of nitrogens with zero attached hydrogens (tertiary/aromatic N) is 1. The number of aromatic nitrogens is 1. The Morgan fingerprint density at radius 1 is 0.978 bits per heavy atom. The van der Waals surface area contributed by atoms with Gasteiger partial charge in [-0.3, -0.25) is 9.59 Å². The lowest BCUT2D eigenvalue weighted by Gasteiger charge is -2.31. The molecule has 238 valence electrons. The molecule has 5 rings (SSSR count). The Hall–Kier alpha value is -3.76. The Morgan fingerprint density at radius 3 is 2.47 bits per heavy atom. The molecule has 2 heterocycles. The Labute approximate surface area is 266 Å². The highest BCUT2D eigenvalue weighted by atomic mass is 28.4. The van der Waals surface area contributed by atoms with Crippen LogP contribution in [0.4, 0.5) is 5.69 Å². The van der Waals surface area contributed by atoms with Gasteiger partial charge in [0.05, 0.1) is 31.7 Å².